The topological polar surface area (TPSA) is 95.2 Å². The van der Waals surface area contributed by atoms with Gasteiger partial charge in [0.1, 0.15) is 0 Å². The molecule has 2 aromatic rings. The zero-order chi connectivity index (χ0) is 19.4. The van der Waals surface area contributed by atoms with Crippen molar-refractivity contribution in [2.45, 2.75) is 32.1 Å². The minimum atomic E-state index is -0.203. The van der Waals surface area contributed by atoms with Crippen LogP contribution in [0.5, 0.6) is 0 Å². The minimum Gasteiger partial charge on any atom is -0.338 e. The summed E-state index contributed by atoms with van der Waals surface area (Å²) in [6.07, 6.45) is 3.37. The Hall–Kier alpha value is -2.67. The number of nitrogens with zero attached hydrogens (tertiary/aromatic N) is 2. The molecule has 2 heterocycles. The number of halogens is 1. The predicted octanol–water partition coefficient (Wildman–Crippen LogP) is 2.79. The van der Waals surface area contributed by atoms with Gasteiger partial charge in [-0.2, -0.15) is 0 Å². The number of hydrogen-bond acceptors (Lipinski definition) is 4. The molecule has 1 saturated heterocycles. The molecular weight excluding hydrogens is 368 g/mol. The third-order valence-corrected chi connectivity index (χ3v) is 4.87. The van der Waals surface area contributed by atoms with Crippen LogP contribution in [0.3, 0.4) is 0 Å². The van der Waals surface area contributed by atoms with Gasteiger partial charge in [0.05, 0.1) is 23.3 Å². The van der Waals surface area contributed by atoms with Crippen molar-refractivity contribution >= 4 is 29.1 Å². The molecular formula is C19H21ClN4O3. The van der Waals surface area contributed by atoms with Gasteiger partial charge in [-0.3, -0.25) is 14.4 Å². The first-order valence-corrected chi connectivity index (χ1v) is 9.29. The first-order valence-electron chi connectivity index (χ1n) is 8.91. The second kappa shape index (κ2) is 8.35. The number of piperidine rings is 1. The third-order valence-electron chi connectivity index (χ3n) is 4.63. The molecule has 0 spiro atoms. The van der Waals surface area contributed by atoms with E-state index in [0.29, 0.717) is 41.5 Å². The first kappa shape index (κ1) is 19.1. The van der Waals surface area contributed by atoms with Crippen molar-refractivity contribution < 1.29 is 9.59 Å². The van der Waals surface area contributed by atoms with Crippen LogP contribution < -0.4 is 10.9 Å². The lowest BCUT2D eigenvalue weighted by molar-refractivity contribution is -0.115. The van der Waals surface area contributed by atoms with Gasteiger partial charge >= 0.3 is 0 Å². The van der Waals surface area contributed by atoms with E-state index in [2.05, 4.69) is 15.3 Å². The molecule has 1 atom stereocenters. The highest BCUT2D eigenvalue weighted by Crippen LogP contribution is 2.28. The van der Waals surface area contributed by atoms with Gasteiger partial charge in [0.25, 0.3) is 11.5 Å². The van der Waals surface area contributed by atoms with Crippen molar-refractivity contribution in [3.63, 3.8) is 0 Å². The van der Waals surface area contributed by atoms with Crippen molar-refractivity contribution in [2.24, 2.45) is 0 Å². The highest BCUT2D eigenvalue weighted by Gasteiger charge is 2.28. The Morgan fingerprint density at radius 3 is 2.93 bits per heavy atom. The molecule has 1 aromatic heterocycles. The Bertz CT molecular complexity index is 912. The van der Waals surface area contributed by atoms with Crippen molar-refractivity contribution in [1.82, 2.24) is 14.9 Å². The molecule has 0 saturated carbocycles. The average molecular weight is 389 g/mol. The van der Waals surface area contributed by atoms with Crippen molar-refractivity contribution in [1.29, 1.82) is 0 Å². The van der Waals surface area contributed by atoms with E-state index in [1.165, 1.54) is 12.4 Å². The number of carbonyl (C=O) groups excluding carboxylic acids is 2. The van der Waals surface area contributed by atoms with E-state index in [-0.39, 0.29) is 23.3 Å². The van der Waals surface area contributed by atoms with E-state index in [1.54, 1.807) is 30.0 Å². The quantitative estimate of drug-likeness (QED) is 0.841. The predicted molar refractivity (Wildman–Crippen MR) is 103 cm³/mol. The summed E-state index contributed by atoms with van der Waals surface area (Å²) in [6, 6.07) is 6.33. The standard InChI is InChI=1S/C19H21ClN4O3/c1-2-17(25)23-16-8-13(20)5-6-14(16)19(27)24-7-3-4-12(10-24)15-9-18(26)22-11-21-15/h5-6,8-9,11-12H,2-4,7,10H2,1H3,(H,23,25)(H,21,22,26). The summed E-state index contributed by atoms with van der Waals surface area (Å²) in [5.74, 6) is -0.353. The number of anilines is 1. The maximum atomic E-state index is 13.1. The second-order valence-electron chi connectivity index (χ2n) is 6.52. The summed E-state index contributed by atoms with van der Waals surface area (Å²) in [4.78, 5) is 44.9. The van der Waals surface area contributed by atoms with Gasteiger partial charge in [-0.15, -0.1) is 0 Å². The Morgan fingerprint density at radius 1 is 1.37 bits per heavy atom. The van der Waals surface area contributed by atoms with E-state index in [4.69, 9.17) is 11.6 Å². The molecule has 27 heavy (non-hydrogen) atoms. The van der Waals surface area contributed by atoms with Crippen LogP contribution in [0.2, 0.25) is 5.02 Å². The Labute approximate surface area is 161 Å². The van der Waals surface area contributed by atoms with Crippen LogP contribution in [-0.4, -0.2) is 39.8 Å². The smallest absolute Gasteiger partial charge is 0.255 e. The van der Waals surface area contributed by atoms with Crippen LogP contribution in [-0.2, 0) is 4.79 Å². The van der Waals surface area contributed by atoms with E-state index in [9.17, 15) is 14.4 Å². The summed E-state index contributed by atoms with van der Waals surface area (Å²) in [5, 5.41) is 3.19. The summed E-state index contributed by atoms with van der Waals surface area (Å²) in [7, 11) is 0. The molecule has 142 valence electrons. The van der Waals surface area contributed by atoms with Crippen LogP contribution >= 0.6 is 11.6 Å². The fraction of sp³-hybridized carbons (Fsp3) is 0.368. The maximum absolute atomic E-state index is 13.1. The number of hydrogen-bond donors (Lipinski definition) is 2. The Morgan fingerprint density at radius 2 is 2.19 bits per heavy atom. The molecule has 1 unspecified atom stereocenters. The Balaban J connectivity index is 1.83. The lowest BCUT2D eigenvalue weighted by Gasteiger charge is -2.33. The molecule has 8 heteroatoms. The van der Waals surface area contributed by atoms with Crippen LogP contribution in [0.25, 0.3) is 0 Å². The molecule has 1 aliphatic rings. The van der Waals surface area contributed by atoms with Gasteiger partial charge in [0.15, 0.2) is 0 Å². The number of nitrogens with one attached hydrogen (secondary N) is 2. The van der Waals surface area contributed by atoms with E-state index < -0.39 is 0 Å². The van der Waals surface area contributed by atoms with Gasteiger partial charge in [-0.25, -0.2) is 4.98 Å². The number of rotatable bonds is 4. The maximum Gasteiger partial charge on any atom is 0.255 e. The minimum absolute atomic E-state index is 0.00554. The van der Waals surface area contributed by atoms with E-state index in [1.807, 2.05) is 0 Å². The van der Waals surface area contributed by atoms with Crippen LogP contribution in [0.4, 0.5) is 5.69 Å². The Kier molecular flexibility index (Phi) is 5.91. The molecule has 0 bridgehead atoms. The highest BCUT2D eigenvalue weighted by atomic mass is 35.5. The molecule has 1 aromatic carbocycles. The van der Waals surface area contributed by atoms with Crippen molar-refractivity contribution in [3.05, 3.63) is 57.2 Å². The lowest BCUT2D eigenvalue weighted by Crippen LogP contribution is -2.39. The number of aromatic amines is 1. The summed E-state index contributed by atoms with van der Waals surface area (Å²) >= 11 is 6.03. The van der Waals surface area contributed by atoms with Gasteiger partial charge in [-0.05, 0) is 31.0 Å². The monoisotopic (exact) mass is 388 g/mol. The number of aromatic nitrogens is 2. The molecule has 2 amide bonds. The normalized spacial score (nSPS) is 16.8. The molecule has 2 N–H and O–H groups in total. The van der Waals surface area contributed by atoms with Gasteiger partial charge in [-0.1, -0.05) is 18.5 Å². The van der Waals surface area contributed by atoms with E-state index >= 15 is 0 Å². The summed E-state index contributed by atoms with van der Waals surface area (Å²) in [5.41, 5.74) is 1.30. The molecule has 1 fully saturated rings. The molecule has 1 aliphatic heterocycles. The number of benzene rings is 1. The molecule has 7 nitrogen and oxygen atoms in total. The fourth-order valence-corrected chi connectivity index (χ4v) is 3.40. The zero-order valence-electron chi connectivity index (χ0n) is 15.0. The van der Waals surface area contributed by atoms with Gasteiger partial charge < -0.3 is 15.2 Å². The van der Waals surface area contributed by atoms with Crippen molar-refractivity contribution in [3.8, 4) is 0 Å². The molecule has 3 rings (SSSR count). The number of amides is 2. The molecule has 0 aliphatic carbocycles. The average Bonchev–Trinajstić information content (AvgIpc) is 2.67. The largest absolute Gasteiger partial charge is 0.338 e. The van der Waals surface area contributed by atoms with Crippen LogP contribution in [0.1, 0.15) is 48.2 Å². The van der Waals surface area contributed by atoms with Crippen LogP contribution in [0.15, 0.2) is 35.4 Å². The van der Waals surface area contributed by atoms with E-state index in [0.717, 1.165) is 12.8 Å². The zero-order valence-corrected chi connectivity index (χ0v) is 15.8. The number of likely N-dealkylation sites (tertiary alicyclic amines) is 1. The highest BCUT2D eigenvalue weighted by molar-refractivity contribution is 6.31. The third kappa shape index (κ3) is 4.54. The van der Waals surface area contributed by atoms with Gasteiger partial charge in [0, 0.05) is 36.5 Å². The SMILES string of the molecule is CCC(=O)Nc1cc(Cl)ccc1C(=O)N1CCCC(c2cc(=O)[nH]cn2)C1. The number of carbonyl (C=O) groups is 2. The lowest BCUT2D eigenvalue weighted by atomic mass is 9.94. The summed E-state index contributed by atoms with van der Waals surface area (Å²) in [6.45, 7) is 2.83. The van der Waals surface area contributed by atoms with Crippen LogP contribution in [0, 0.1) is 0 Å². The fourth-order valence-electron chi connectivity index (χ4n) is 3.23. The second-order valence-corrected chi connectivity index (χ2v) is 6.95. The van der Waals surface area contributed by atoms with Gasteiger partial charge in [0.2, 0.25) is 5.91 Å². The first-order chi connectivity index (χ1) is 13.0. The summed E-state index contributed by atoms with van der Waals surface area (Å²) < 4.78 is 0. The molecule has 0 radical (unpaired) electrons. The number of H-pyrrole nitrogens is 1. The van der Waals surface area contributed by atoms with Crippen molar-refractivity contribution in [2.75, 3.05) is 18.4 Å².